The highest BCUT2D eigenvalue weighted by Crippen LogP contribution is 2.39. The number of imidazole rings is 1. The molecule has 1 aliphatic rings. The molecule has 1 fully saturated rings. The molecular weight excluding hydrogens is 322 g/mol. The third kappa shape index (κ3) is 3.39. The summed E-state index contributed by atoms with van der Waals surface area (Å²) in [5, 5.41) is 0. The number of benzene rings is 1. The van der Waals surface area contributed by atoms with Crippen LogP contribution in [-0.4, -0.2) is 24.5 Å². The lowest BCUT2D eigenvalue weighted by Gasteiger charge is -2.13. The van der Waals surface area contributed by atoms with E-state index in [0.717, 1.165) is 28.2 Å². The first-order valence-electron chi connectivity index (χ1n) is 8.39. The number of nitrogens with one attached hydrogen (secondary N) is 1. The Bertz CT molecular complexity index is 865. The van der Waals surface area contributed by atoms with Gasteiger partial charge >= 0.3 is 0 Å². The van der Waals surface area contributed by atoms with E-state index in [4.69, 9.17) is 0 Å². The lowest BCUT2D eigenvalue weighted by molar-refractivity contribution is 0.566. The first-order valence-corrected chi connectivity index (χ1v) is 9.87. The van der Waals surface area contributed by atoms with E-state index in [1.54, 1.807) is 6.07 Å². The van der Waals surface area contributed by atoms with E-state index in [9.17, 15) is 8.42 Å². The molecule has 0 bridgehead atoms. The van der Waals surface area contributed by atoms with Gasteiger partial charge in [0.15, 0.2) is 0 Å². The Labute approximate surface area is 144 Å². The largest absolute Gasteiger partial charge is 0.331 e. The molecule has 130 valence electrons. The number of hydrogen-bond acceptors (Lipinski definition) is 3. The summed E-state index contributed by atoms with van der Waals surface area (Å²) >= 11 is 0. The molecule has 0 saturated heterocycles. The van der Waals surface area contributed by atoms with Crippen LogP contribution in [0.1, 0.15) is 47.0 Å². The van der Waals surface area contributed by atoms with Gasteiger partial charge in [0, 0.05) is 30.9 Å². The van der Waals surface area contributed by atoms with Crippen molar-refractivity contribution >= 4 is 10.0 Å². The van der Waals surface area contributed by atoms with Crippen LogP contribution in [0.25, 0.3) is 0 Å². The van der Waals surface area contributed by atoms with Gasteiger partial charge in [-0.2, -0.15) is 0 Å². The van der Waals surface area contributed by atoms with Crippen LogP contribution >= 0.6 is 0 Å². The van der Waals surface area contributed by atoms with Crippen LogP contribution in [0.15, 0.2) is 23.2 Å². The predicted molar refractivity (Wildman–Crippen MR) is 94.8 cm³/mol. The number of hydrogen-bond donors (Lipinski definition) is 1. The van der Waals surface area contributed by atoms with Crippen LogP contribution < -0.4 is 4.72 Å². The summed E-state index contributed by atoms with van der Waals surface area (Å²) in [4.78, 5) is 4.84. The molecule has 3 rings (SSSR count). The molecule has 1 aliphatic carbocycles. The smallest absolute Gasteiger partial charge is 0.240 e. The van der Waals surface area contributed by atoms with Gasteiger partial charge < -0.3 is 4.57 Å². The lowest BCUT2D eigenvalue weighted by Crippen LogP contribution is -2.28. The molecule has 0 atom stereocenters. The molecule has 0 spiro atoms. The van der Waals surface area contributed by atoms with E-state index in [1.807, 2.05) is 40.0 Å². The zero-order valence-electron chi connectivity index (χ0n) is 14.8. The van der Waals surface area contributed by atoms with Crippen molar-refractivity contribution in [2.75, 3.05) is 6.54 Å². The molecule has 0 radical (unpaired) electrons. The fourth-order valence-electron chi connectivity index (χ4n) is 3.03. The summed E-state index contributed by atoms with van der Waals surface area (Å²) in [7, 11) is -3.50. The summed E-state index contributed by atoms with van der Waals surface area (Å²) in [6, 6.07) is 3.68. The minimum Gasteiger partial charge on any atom is -0.331 e. The lowest BCUT2D eigenvalue weighted by atomic mass is 10.1. The second kappa shape index (κ2) is 6.33. The fourth-order valence-corrected chi connectivity index (χ4v) is 4.36. The van der Waals surface area contributed by atoms with Crippen LogP contribution in [0.3, 0.4) is 0 Å². The Kier molecular flexibility index (Phi) is 4.53. The van der Waals surface area contributed by atoms with Crippen molar-refractivity contribution in [1.29, 1.82) is 0 Å². The van der Waals surface area contributed by atoms with E-state index < -0.39 is 10.0 Å². The van der Waals surface area contributed by atoms with Crippen molar-refractivity contribution in [3.63, 3.8) is 0 Å². The summed E-state index contributed by atoms with van der Waals surface area (Å²) in [6.07, 6.45) is 4.24. The molecule has 5 nitrogen and oxygen atoms in total. The minimum absolute atomic E-state index is 0.367. The van der Waals surface area contributed by atoms with Crippen LogP contribution in [0.2, 0.25) is 0 Å². The van der Waals surface area contributed by atoms with Gasteiger partial charge in [0.2, 0.25) is 10.0 Å². The first-order chi connectivity index (χ1) is 11.3. The SMILES string of the molecule is Cc1cc(C)c(S(=O)(=O)NCCn2c(C)cnc2C2CC2)cc1C. The van der Waals surface area contributed by atoms with Crippen LogP contribution in [0, 0.1) is 27.7 Å². The van der Waals surface area contributed by atoms with Crippen LogP contribution in [0.5, 0.6) is 0 Å². The van der Waals surface area contributed by atoms with Crippen molar-refractivity contribution in [3.8, 4) is 0 Å². The summed E-state index contributed by atoms with van der Waals surface area (Å²) in [5.74, 6) is 1.64. The Balaban J connectivity index is 1.72. The maximum atomic E-state index is 12.6. The van der Waals surface area contributed by atoms with Gasteiger partial charge in [-0.25, -0.2) is 18.1 Å². The van der Waals surface area contributed by atoms with E-state index in [0.29, 0.717) is 23.9 Å². The van der Waals surface area contributed by atoms with Crippen LogP contribution in [0.4, 0.5) is 0 Å². The van der Waals surface area contributed by atoms with Gasteiger partial charge in [-0.15, -0.1) is 0 Å². The van der Waals surface area contributed by atoms with Crippen molar-refractivity contribution in [1.82, 2.24) is 14.3 Å². The maximum absolute atomic E-state index is 12.6. The molecule has 0 amide bonds. The molecule has 6 heteroatoms. The Hall–Kier alpha value is -1.66. The van der Waals surface area contributed by atoms with E-state index in [-0.39, 0.29) is 0 Å². The van der Waals surface area contributed by atoms with E-state index >= 15 is 0 Å². The summed E-state index contributed by atoms with van der Waals surface area (Å²) in [6.45, 7) is 8.76. The second-order valence-electron chi connectivity index (χ2n) is 6.78. The van der Waals surface area contributed by atoms with Crippen LogP contribution in [-0.2, 0) is 16.6 Å². The van der Waals surface area contributed by atoms with Gasteiger partial charge in [-0.3, -0.25) is 0 Å². The Morgan fingerprint density at radius 1 is 1.12 bits per heavy atom. The Morgan fingerprint density at radius 3 is 2.46 bits per heavy atom. The van der Waals surface area contributed by atoms with Crippen molar-refractivity contribution in [2.45, 2.75) is 57.9 Å². The highest BCUT2D eigenvalue weighted by atomic mass is 32.2. The molecule has 2 aromatic rings. The monoisotopic (exact) mass is 347 g/mol. The van der Waals surface area contributed by atoms with Gasteiger partial charge in [0.1, 0.15) is 5.82 Å². The number of aryl methyl sites for hydroxylation is 4. The summed E-state index contributed by atoms with van der Waals surface area (Å²) in [5.41, 5.74) is 3.96. The molecule has 0 aliphatic heterocycles. The highest BCUT2D eigenvalue weighted by Gasteiger charge is 2.28. The number of sulfonamides is 1. The van der Waals surface area contributed by atoms with Gasteiger partial charge in [-0.05, 0) is 63.3 Å². The molecule has 1 N–H and O–H groups in total. The average molecular weight is 347 g/mol. The zero-order valence-corrected chi connectivity index (χ0v) is 15.6. The quantitative estimate of drug-likeness (QED) is 0.874. The first kappa shape index (κ1) is 17.2. The predicted octanol–water partition coefficient (Wildman–Crippen LogP) is 2.97. The molecule has 1 saturated carbocycles. The standard InChI is InChI=1S/C18H25N3O2S/c1-12-9-14(3)17(10-13(12)2)24(22,23)20-7-8-21-15(4)11-19-18(21)16-5-6-16/h9-11,16,20H,5-8H2,1-4H3. The van der Waals surface area contributed by atoms with E-state index in [1.165, 1.54) is 12.8 Å². The minimum atomic E-state index is -3.50. The maximum Gasteiger partial charge on any atom is 0.240 e. The van der Waals surface area contributed by atoms with Gasteiger partial charge in [0.25, 0.3) is 0 Å². The fraction of sp³-hybridized carbons (Fsp3) is 0.500. The van der Waals surface area contributed by atoms with E-state index in [2.05, 4.69) is 14.3 Å². The highest BCUT2D eigenvalue weighted by molar-refractivity contribution is 7.89. The third-order valence-electron chi connectivity index (χ3n) is 4.74. The molecule has 1 aromatic carbocycles. The average Bonchev–Trinajstić information content (AvgIpc) is 3.28. The molecule has 0 unspecified atom stereocenters. The molecule has 24 heavy (non-hydrogen) atoms. The third-order valence-corrected chi connectivity index (χ3v) is 6.34. The topological polar surface area (TPSA) is 64.0 Å². The number of rotatable bonds is 6. The van der Waals surface area contributed by atoms with Crippen molar-refractivity contribution in [3.05, 3.63) is 46.5 Å². The second-order valence-corrected chi connectivity index (χ2v) is 8.52. The van der Waals surface area contributed by atoms with Gasteiger partial charge in [0.05, 0.1) is 4.90 Å². The normalized spacial score (nSPS) is 15.0. The Morgan fingerprint density at radius 2 is 1.79 bits per heavy atom. The van der Waals surface area contributed by atoms with Crippen molar-refractivity contribution < 1.29 is 8.42 Å². The zero-order chi connectivity index (χ0) is 17.5. The molecule has 1 aromatic heterocycles. The molecule has 1 heterocycles. The number of nitrogens with zero attached hydrogens (tertiary/aromatic N) is 2. The summed E-state index contributed by atoms with van der Waals surface area (Å²) < 4.78 is 30.1. The molecular formula is C18H25N3O2S. The number of aromatic nitrogens is 2. The van der Waals surface area contributed by atoms with Gasteiger partial charge in [-0.1, -0.05) is 6.07 Å². The van der Waals surface area contributed by atoms with Crippen molar-refractivity contribution in [2.24, 2.45) is 0 Å².